The molecule has 3 unspecified atom stereocenters. The zero-order valence-electron chi connectivity index (χ0n) is 12.7. The molecule has 2 saturated heterocycles. The van der Waals surface area contributed by atoms with E-state index in [4.69, 9.17) is 0 Å². The number of rotatable bonds is 5. The number of nitriles is 1. The fourth-order valence-electron chi connectivity index (χ4n) is 3.74. The van der Waals surface area contributed by atoms with Gasteiger partial charge in [0.1, 0.15) is 0 Å². The van der Waals surface area contributed by atoms with Gasteiger partial charge in [-0.1, -0.05) is 6.42 Å². The zero-order chi connectivity index (χ0) is 13.9. The topological polar surface area (TPSA) is 42.3 Å². The van der Waals surface area contributed by atoms with Gasteiger partial charge in [0, 0.05) is 37.8 Å². The van der Waals surface area contributed by atoms with Crippen LogP contribution in [0.3, 0.4) is 0 Å². The quantitative estimate of drug-likeness (QED) is 0.828. The summed E-state index contributed by atoms with van der Waals surface area (Å²) in [4.78, 5) is 5.31. The Morgan fingerprint density at radius 1 is 1.25 bits per heavy atom. The second-order valence-corrected chi connectivity index (χ2v) is 6.90. The van der Waals surface area contributed by atoms with Gasteiger partial charge in [0.2, 0.25) is 0 Å². The molecule has 2 heterocycles. The molecule has 112 valence electrons. The van der Waals surface area contributed by atoms with E-state index in [-0.39, 0.29) is 6.04 Å². The lowest BCUT2D eigenvalue weighted by molar-refractivity contribution is 0.0142. The maximum Gasteiger partial charge on any atom is 0.0967 e. The number of nitrogens with zero attached hydrogens (tertiary/aromatic N) is 3. The Labute approximate surface area is 123 Å². The van der Waals surface area contributed by atoms with Crippen molar-refractivity contribution in [3.63, 3.8) is 0 Å². The summed E-state index contributed by atoms with van der Waals surface area (Å²) in [5.74, 6) is 0. The van der Waals surface area contributed by atoms with Crippen molar-refractivity contribution in [2.45, 2.75) is 69.6 Å². The van der Waals surface area contributed by atoms with Crippen molar-refractivity contribution in [1.82, 2.24) is 15.1 Å². The third-order valence-electron chi connectivity index (χ3n) is 5.19. The lowest BCUT2D eigenvalue weighted by Crippen LogP contribution is -2.59. The third kappa shape index (κ3) is 3.52. The lowest BCUT2D eigenvalue weighted by atomic mass is 9.97. The molecular weight excluding hydrogens is 248 g/mol. The predicted molar refractivity (Wildman–Crippen MR) is 80.4 cm³/mol. The molecular formula is C16H28N4. The van der Waals surface area contributed by atoms with Crippen LogP contribution in [0.2, 0.25) is 0 Å². The van der Waals surface area contributed by atoms with Crippen LogP contribution in [0.4, 0.5) is 0 Å². The smallest absolute Gasteiger partial charge is 0.0967 e. The second-order valence-electron chi connectivity index (χ2n) is 6.90. The Morgan fingerprint density at radius 2 is 2.10 bits per heavy atom. The Kier molecular flexibility index (Phi) is 4.60. The minimum atomic E-state index is 0.0547. The largest absolute Gasteiger partial charge is 0.299 e. The second kappa shape index (κ2) is 6.43. The molecule has 4 nitrogen and oxygen atoms in total. The summed E-state index contributed by atoms with van der Waals surface area (Å²) in [6, 6.07) is 4.54. The molecule has 4 heteroatoms. The van der Waals surface area contributed by atoms with Crippen molar-refractivity contribution < 1.29 is 0 Å². The normalized spacial score (nSPS) is 33.4. The molecule has 3 atom stereocenters. The number of piperazine rings is 1. The van der Waals surface area contributed by atoms with Gasteiger partial charge < -0.3 is 0 Å². The predicted octanol–water partition coefficient (Wildman–Crippen LogP) is 1.58. The number of nitrogens with one attached hydrogen (secondary N) is 1. The standard InChI is InChI=1S/C16H28N4/c1-13-11-20-8-3-2-4-16(20)12-19(13)9-7-15(10-17)18-14-5-6-14/h13-16,18H,2-9,11-12H2,1H3. The van der Waals surface area contributed by atoms with Crippen LogP contribution >= 0.6 is 0 Å². The van der Waals surface area contributed by atoms with Gasteiger partial charge in [-0.25, -0.2) is 0 Å². The van der Waals surface area contributed by atoms with Gasteiger partial charge >= 0.3 is 0 Å². The molecule has 1 N–H and O–H groups in total. The lowest BCUT2D eigenvalue weighted by Gasteiger charge is -2.47. The Hall–Kier alpha value is -0.630. The summed E-state index contributed by atoms with van der Waals surface area (Å²) in [6.45, 7) is 7.15. The van der Waals surface area contributed by atoms with E-state index in [2.05, 4.69) is 28.1 Å². The Morgan fingerprint density at radius 3 is 2.85 bits per heavy atom. The molecule has 3 rings (SSSR count). The fraction of sp³-hybridized carbons (Fsp3) is 0.938. The first-order chi connectivity index (χ1) is 9.76. The number of fused-ring (bicyclic) bond motifs is 1. The first-order valence-electron chi connectivity index (χ1n) is 8.40. The van der Waals surface area contributed by atoms with Crippen molar-refractivity contribution in [3.05, 3.63) is 0 Å². The third-order valence-corrected chi connectivity index (χ3v) is 5.19. The van der Waals surface area contributed by atoms with Gasteiger partial charge in [-0.3, -0.25) is 15.1 Å². The number of hydrogen-bond acceptors (Lipinski definition) is 4. The SMILES string of the molecule is CC1CN2CCCCC2CN1CCC(C#N)NC1CC1. The van der Waals surface area contributed by atoms with Crippen molar-refractivity contribution >= 4 is 0 Å². The molecule has 0 aromatic carbocycles. The molecule has 0 aromatic rings. The van der Waals surface area contributed by atoms with E-state index in [0.717, 1.165) is 19.0 Å². The fourth-order valence-corrected chi connectivity index (χ4v) is 3.74. The highest BCUT2D eigenvalue weighted by Crippen LogP contribution is 2.24. The van der Waals surface area contributed by atoms with E-state index in [9.17, 15) is 5.26 Å². The first-order valence-corrected chi connectivity index (χ1v) is 8.40. The maximum atomic E-state index is 9.25. The van der Waals surface area contributed by atoms with Crippen LogP contribution in [-0.4, -0.2) is 60.1 Å². The maximum absolute atomic E-state index is 9.25. The Balaban J connectivity index is 1.47. The minimum Gasteiger partial charge on any atom is -0.299 e. The van der Waals surface area contributed by atoms with Gasteiger partial charge in [-0.15, -0.1) is 0 Å². The molecule has 0 aromatic heterocycles. The molecule has 3 aliphatic rings. The van der Waals surface area contributed by atoms with E-state index < -0.39 is 0 Å². The van der Waals surface area contributed by atoms with Crippen molar-refractivity contribution in [1.29, 1.82) is 5.26 Å². The summed E-state index contributed by atoms with van der Waals surface area (Å²) >= 11 is 0. The molecule has 0 spiro atoms. The highest BCUT2D eigenvalue weighted by Gasteiger charge is 2.33. The Bertz CT molecular complexity index is 360. The van der Waals surface area contributed by atoms with Crippen LogP contribution in [0.1, 0.15) is 45.4 Å². The molecule has 2 aliphatic heterocycles. The van der Waals surface area contributed by atoms with E-state index in [0.29, 0.717) is 12.1 Å². The van der Waals surface area contributed by atoms with Gasteiger partial charge in [0.25, 0.3) is 0 Å². The minimum absolute atomic E-state index is 0.0547. The van der Waals surface area contributed by atoms with Crippen LogP contribution < -0.4 is 5.32 Å². The average molecular weight is 276 g/mol. The van der Waals surface area contributed by atoms with Gasteiger partial charge in [0.15, 0.2) is 0 Å². The van der Waals surface area contributed by atoms with Crippen LogP contribution in [0.25, 0.3) is 0 Å². The monoisotopic (exact) mass is 276 g/mol. The van der Waals surface area contributed by atoms with Crippen LogP contribution in [0.15, 0.2) is 0 Å². The van der Waals surface area contributed by atoms with Crippen LogP contribution in [0, 0.1) is 11.3 Å². The number of hydrogen-bond donors (Lipinski definition) is 1. The van der Waals surface area contributed by atoms with Crippen molar-refractivity contribution in [2.24, 2.45) is 0 Å². The highest BCUT2D eigenvalue weighted by molar-refractivity contribution is 4.97. The summed E-state index contributed by atoms with van der Waals surface area (Å²) in [5, 5.41) is 12.7. The molecule has 0 bridgehead atoms. The van der Waals surface area contributed by atoms with Crippen LogP contribution in [-0.2, 0) is 0 Å². The first kappa shape index (κ1) is 14.3. The van der Waals surface area contributed by atoms with Crippen LogP contribution in [0.5, 0.6) is 0 Å². The van der Waals surface area contributed by atoms with E-state index in [1.165, 1.54) is 51.7 Å². The number of piperidine rings is 1. The van der Waals surface area contributed by atoms with E-state index in [1.807, 2.05) is 0 Å². The van der Waals surface area contributed by atoms with Gasteiger partial charge in [-0.2, -0.15) is 5.26 Å². The van der Waals surface area contributed by atoms with E-state index in [1.54, 1.807) is 0 Å². The van der Waals surface area contributed by atoms with E-state index >= 15 is 0 Å². The molecule has 1 saturated carbocycles. The van der Waals surface area contributed by atoms with Gasteiger partial charge in [0.05, 0.1) is 12.1 Å². The molecule has 1 aliphatic carbocycles. The molecule has 3 fully saturated rings. The van der Waals surface area contributed by atoms with Gasteiger partial charge in [-0.05, 0) is 45.6 Å². The molecule has 20 heavy (non-hydrogen) atoms. The summed E-state index contributed by atoms with van der Waals surface area (Å²) in [7, 11) is 0. The molecule has 0 radical (unpaired) electrons. The summed E-state index contributed by atoms with van der Waals surface area (Å²) in [6.07, 6.45) is 7.64. The zero-order valence-corrected chi connectivity index (χ0v) is 12.7. The average Bonchev–Trinajstić information content (AvgIpc) is 3.27. The van der Waals surface area contributed by atoms with Crippen molar-refractivity contribution in [3.8, 4) is 6.07 Å². The highest BCUT2D eigenvalue weighted by atomic mass is 15.3. The summed E-state index contributed by atoms with van der Waals surface area (Å²) < 4.78 is 0. The molecule has 0 amide bonds. The van der Waals surface area contributed by atoms with Crippen molar-refractivity contribution in [2.75, 3.05) is 26.2 Å². The summed E-state index contributed by atoms with van der Waals surface area (Å²) in [5.41, 5.74) is 0.